The molecule has 0 aliphatic heterocycles. The van der Waals surface area contributed by atoms with E-state index in [2.05, 4.69) is 5.43 Å². The summed E-state index contributed by atoms with van der Waals surface area (Å²) < 4.78 is 26.5. The topological polar surface area (TPSA) is 119 Å². The molecule has 0 unspecified atom stereocenters. The average molecular weight is 316 g/mol. The lowest BCUT2D eigenvalue weighted by molar-refractivity contribution is -0.384. The molecule has 21 heavy (non-hydrogen) atoms. The van der Waals surface area contributed by atoms with Crippen LogP contribution >= 0.6 is 0 Å². The Hall–Kier alpha value is -1.71. The molecule has 1 aromatic rings. The molecule has 0 saturated heterocycles. The number of nitrogens with one attached hydrogen (secondary N) is 1. The van der Waals surface area contributed by atoms with Gasteiger partial charge in [0.05, 0.1) is 9.82 Å². The normalized spacial score (nSPS) is 11.6. The van der Waals surface area contributed by atoms with Gasteiger partial charge in [0.25, 0.3) is 5.69 Å². The Morgan fingerprint density at radius 1 is 1.29 bits per heavy atom. The molecule has 0 atom stereocenters. The summed E-state index contributed by atoms with van der Waals surface area (Å²) >= 11 is 0. The van der Waals surface area contributed by atoms with Crippen LogP contribution in [-0.4, -0.2) is 30.7 Å². The first-order chi connectivity index (χ1) is 9.88. The molecule has 0 bridgehead atoms. The van der Waals surface area contributed by atoms with Gasteiger partial charge in [0.2, 0.25) is 10.0 Å². The predicted octanol–water partition coefficient (Wildman–Crippen LogP) is 1.69. The van der Waals surface area contributed by atoms with E-state index in [1.54, 1.807) is 0 Å². The third-order valence-electron chi connectivity index (χ3n) is 2.90. The minimum absolute atomic E-state index is 0.0112. The van der Waals surface area contributed by atoms with Crippen LogP contribution in [0.4, 0.5) is 11.4 Å². The van der Waals surface area contributed by atoms with E-state index in [1.807, 2.05) is 13.8 Å². The molecule has 0 saturated carbocycles. The van der Waals surface area contributed by atoms with Crippen LogP contribution in [-0.2, 0) is 10.0 Å². The quantitative estimate of drug-likeness (QED) is 0.428. The number of nitrogen functional groups attached to an aromatic ring is 1. The number of anilines is 1. The van der Waals surface area contributed by atoms with Crippen LogP contribution in [0.1, 0.15) is 26.7 Å². The summed E-state index contributed by atoms with van der Waals surface area (Å²) in [5, 5.41) is 10.8. The minimum Gasteiger partial charge on any atom is -0.318 e. The van der Waals surface area contributed by atoms with Crippen molar-refractivity contribution in [1.82, 2.24) is 4.31 Å². The monoisotopic (exact) mass is 316 g/mol. The average Bonchev–Trinajstić information content (AvgIpc) is 2.46. The van der Waals surface area contributed by atoms with Crippen LogP contribution in [0, 0.1) is 10.1 Å². The zero-order chi connectivity index (χ0) is 16.0. The van der Waals surface area contributed by atoms with E-state index < -0.39 is 14.9 Å². The number of hydrazine groups is 1. The Balaban J connectivity index is 3.27. The molecule has 0 heterocycles. The Kier molecular flexibility index (Phi) is 6.06. The van der Waals surface area contributed by atoms with Gasteiger partial charge in [-0.15, -0.1) is 0 Å². The molecule has 118 valence electrons. The van der Waals surface area contributed by atoms with Gasteiger partial charge in [-0.25, -0.2) is 8.42 Å². The van der Waals surface area contributed by atoms with Gasteiger partial charge in [-0.3, -0.25) is 16.0 Å². The van der Waals surface area contributed by atoms with E-state index in [0.717, 1.165) is 6.07 Å². The minimum atomic E-state index is -3.69. The largest absolute Gasteiger partial charge is 0.318 e. The van der Waals surface area contributed by atoms with E-state index in [9.17, 15) is 18.5 Å². The van der Waals surface area contributed by atoms with Crippen molar-refractivity contribution >= 4 is 21.4 Å². The van der Waals surface area contributed by atoms with Crippen LogP contribution in [0.25, 0.3) is 0 Å². The van der Waals surface area contributed by atoms with Gasteiger partial charge >= 0.3 is 0 Å². The second-order valence-electron chi connectivity index (χ2n) is 4.48. The van der Waals surface area contributed by atoms with Crippen molar-refractivity contribution < 1.29 is 13.3 Å². The number of nitrogens with zero attached hydrogens (tertiary/aromatic N) is 2. The van der Waals surface area contributed by atoms with Crippen molar-refractivity contribution in [2.24, 2.45) is 5.84 Å². The van der Waals surface area contributed by atoms with Crippen LogP contribution in [0.2, 0.25) is 0 Å². The first-order valence-corrected chi connectivity index (χ1v) is 8.07. The third-order valence-corrected chi connectivity index (χ3v) is 4.80. The molecule has 0 amide bonds. The molecule has 0 aromatic heterocycles. The highest BCUT2D eigenvalue weighted by atomic mass is 32.2. The molecular weight excluding hydrogens is 296 g/mol. The van der Waals surface area contributed by atoms with Crippen molar-refractivity contribution in [2.75, 3.05) is 18.5 Å². The number of benzene rings is 1. The number of nitro groups is 1. The van der Waals surface area contributed by atoms with Gasteiger partial charge in [-0.05, 0) is 25.0 Å². The molecule has 1 rings (SSSR count). The highest BCUT2D eigenvalue weighted by molar-refractivity contribution is 7.89. The fraction of sp³-hybridized carbons (Fsp3) is 0.500. The molecule has 9 heteroatoms. The van der Waals surface area contributed by atoms with Gasteiger partial charge in [-0.2, -0.15) is 4.31 Å². The maximum absolute atomic E-state index is 12.5. The highest BCUT2D eigenvalue weighted by Gasteiger charge is 2.25. The van der Waals surface area contributed by atoms with Gasteiger partial charge in [0.1, 0.15) is 5.69 Å². The Morgan fingerprint density at radius 2 is 1.86 bits per heavy atom. The molecule has 0 aliphatic rings. The number of rotatable bonds is 8. The number of nitrogens with two attached hydrogens (primary N) is 1. The summed E-state index contributed by atoms with van der Waals surface area (Å²) in [5.74, 6) is 5.23. The van der Waals surface area contributed by atoms with Gasteiger partial charge in [0, 0.05) is 19.2 Å². The lowest BCUT2D eigenvalue weighted by Gasteiger charge is -2.21. The molecule has 0 spiro atoms. The number of nitro benzene ring substituents is 1. The number of hydrogen-bond donors (Lipinski definition) is 2. The van der Waals surface area contributed by atoms with Crippen molar-refractivity contribution in [3.63, 3.8) is 0 Å². The molecule has 0 fully saturated rings. The Morgan fingerprint density at radius 3 is 2.29 bits per heavy atom. The third kappa shape index (κ3) is 3.90. The first-order valence-electron chi connectivity index (χ1n) is 6.63. The Labute approximate surface area is 124 Å². The Bertz CT molecular complexity index is 597. The maximum atomic E-state index is 12.5. The van der Waals surface area contributed by atoms with Gasteiger partial charge in [0.15, 0.2) is 0 Å². The molecule has 1 aromatic carbocycles. The summed E-state index contributed by atoms with van der Waals surface area (Å²) in [6.07, 6.45) is 1.38. The fourth-order valence-corrected chi connectivity index (χ4v) is 3.60. The van der Waals surface area contributed by atoms with Gasteiger partial charge in [-0.1, -0.05) is 13.8 Å². The smallest absolute Gasteiger partial charge is 0.293 e. The lowest BCUT2D eigenvalue weighted by Crippen LogP contribution is -2.32. The van der Waals surface area contributed by atoms with Gasteiger partial charge < -0.3 is 5.43 Å². The van der Waals surface area contributed by atoms with Crippen LogP contribution in [0.15, 0.2) is 23.1 Å². The van der Waals surface area contributed by atoms with E-state index in [1.165, 1.54) is 16.4 Å². The van der Waals surface area contributed by atoms with E-state index in [4.69, 9.17) is 5.84 Å². The second kappa shape index (κ2) is 7.34. The summed E-state index contributed by atoms with van der Waals surface area (Å²) in [6.45, 7) is 4.58. The number of hydrogen-bond acceptors (Lipinski definition) is 6. The first kappa shape index (κ1) is 17.3. The fourth-order valence-electron chi connectivity index (χ4n) is 1.95. The number of sulfonamides is 1. The van der Waals surface area contributed by atoms with E-state index in [0.29, 0.717) is 25.9 Å². The maximum Gasteiger partial charge on any atom is 0.293 e. The predicted molar refractivity (Wildman–Crippen MR) is 80.2 cm³/mol. The van der Waals surface area contributed by atoms with Crippen LogP contribution in [0.5, 0.6) is 0 Å². The van der Waals surface area contributed by atoms with Crippen molar-refractivity contribution in [3.05, 3.63) is 28.3 Å². The molecule has 0 aliphatic carbocycles. The molecule has 3 N–H and O–H groups in total. The highest BCUT2D eigenvalue weighted by Crippen LogP contribution is 2.28. The van der Waals surface area contributed by atoms with Crippen molar-refractivity contribution in [2.45, 2.75) is 31.6 Å². The van der Waals surface area contributed by atoms with Crippen molar-refractivity contribution in [1.29, 1.82) is 0 Å². The van der Waals surface area contributed by atoms with Crippen LogP contribution < -0.4 is 11.3 Å². The lowest BCUT2D eigenvalue weighted by atomic mass is 10.3. The standard InChI is InChI=1S/C12H20N4O4S/c1-3-7-15(8-4-2)21(19,20)10-5-6-12(16(17)18)11(9-10)14-13/h5-6,9,14H,3-4,7-8,13H2,1-2H3. The zero-order valence-corrected chi connectivity index (χ0v) is 12.9. The zero-order valence-electron chi connectivity index (χ0n) is 12.1. The molecule has 0 radical (unpaired) electrons. The summed E-state index contributed by atoms with van der Waals surface area (Å²) in [6, 6.07) is 3.55. The van der Waals surface area contributed by atoms with Crippen LogP contribution in [0.3, 0.4) is 0 Å². The SMILES string of the molecule is CCCN(CCC)S(=O)(=O)c1ccc([N+](=O)[O-])c(NN)c1. The molecule has 8 nitrogen and oxygen atoms in total. The second-order valence-corrected chi connectivity index (χ2v) is 6.42. The summed E-state index contributed by atoms with van der Waals surface area (Å²) in [4.78, 5) is 10.2. The summed E-state index contributed by atoms with van der Waals surface area (Å²) in [7, 11) is -3.69. The summed E-state index contributed by atoms with van der Waals surface area (Å²) in [5.41, 5.74) is 1.86. The van der Waals surface area contributed by atoms with E-state index >= 15 is 0 Å². The molecular formula is C12H20N4O4S. The van der Waals surface area contributed by atoms with E-state index in [-0.39, 0.29) is 16.3 Å². The van der Waals surface area contributed by atoms with Crippen molar-refractivity contribution in [3.8, 4) is 0 Å².